The molecule has 1 aliphatic rings. The van der Waals surface area contributed by atoms with Gasteiger partial charge in [-0.1, -0.05) is 12.1 Å². The minimum atomic E-state index is -5.08. The maximum atomic E-state index is 12.1. The first kappa shape index (κ1) is 23.6. The van der Waals surface area contributed by atoms with Crippen molar-refractivity contribution in [2.24, 2.45) is 0 Å². The van der Waals surface area contributed by atoms with E-state index in [0.29, 0.717) is 16.9 Å². The molecule has 0 saturated heterocycles. The Morgan fingerprint density at radius 2 is 1.65 bits per heavy atom. The second-order valence-electron chi connectivity index (χ2n) is 6.69. The van der Waals surface area contributed by atoms with E-state index in [1.165, 1.54) is 12.0 Å². The zero-order valence-corrected chi connectivity index (χ0v) is 16.2. The molecule has 166 valence electrons. The zero-order chi connectivity index (χ0) is 23.0. The maximum Gasteiger partial charge on any atom is 0.490 e. The summed E-state index contributed by atoms with van der Waals surface area (Å²) >= 11 is 0. The van der Waals surface area contributed by atoms with Gasteiger partial charge in [0.15, 0.2) is 0 Å². The highest BCUT2D eigenvalue weighted by molar-refractivity contribution is 5.99. The van der Waals surface area contributed by atoms with Crippen LogP contribution in [0.3, 0.4) is 0 Å². The number of anilines is 2. The summed E-state index contributed by atoms with van der Waals surface area (Å²) in [5.74, 6) is -3.66. The molecule has 1 aromatic heterocycles. The molecule has 1 aliphatic carbocycles. The summed E-state index contributed by atoms with van der Waals surface area (Å²) in [7, 11) is 0. The standard InChI is InChI=1S/C18H19N3O3.C2HF3O2/c22-17(23)9-12-4-3-6-14(8-12)20-18(24)21-15-10-13-5-1-2-7-16(13)19-11-15;3-2(4,5)1(6)7/h3-4,6,8,10-11H,1-2,5,7,9H2,(H,22,23)(H2,20,21,24);(H,6,7). The summed E-state index contributed by atoms with van der Waals surface area (Å²) in [6.45, 7) is 0. The third-order valence-corrected chi connectivity index (χ3v) is 4.21. The number of aryl methyl sites for hydroxylation is 2. The molecule has 4 N–H and O–H groups in total. The van der Waals surface area contributed by atoms with E-state index in [2.05, 4.69) is 15.6 Å². The van der Waals surface area contributed by atoms with Gasteiger partial charge in [-0.05, 0) is 55.0 Å². The second-order valence-corrected chi connectivity index (χ2v) is 6.69. The van der Waals surface area contributed by atoms with Gasteiger partial charge in [0, 0.05) is 11.4 Å². The van der Waals surface area contributed by atoms with Crippen molar-refractivity contribution in [1.82, 2.24) is 4.98 Å². The summed E-state index contributed by atoms with van der Waals surface area (Å²) in [5.41, 5.74) is 4.17. The number of aromatic nitrogens is 1. The summed E-state index contributed by atoms with van der Waals surface area (Å²) in [6.07, 6.45) is 0.825. The topological polar surface area (TPSA) is 129 Å². The monoisotopic (exact) mass is 439 g/mol. The number of carboxylic acid groups (broad SMARTS) is 2. The van der Waals surface area contributed by atoms with Crippen LogP contribution >= 0.6 is 0 Å². The van der Waals surface area contributed by atoms with Gasteiger partial charge < -0.3 is 20.8 Å². The first-order chi connectivity index (χ1) is 14.5. The molecule has 2 amide bonds. The molecule has 3 rings (SSSR count). The number of nitrogens with one attached hydrogen (secondary N) is 2. The SMILES string of the molecule is O=C(O)C(F)(F)F.O=C(O)Cc1cccc(NC(=O)Nc2cnc3c(c2)CCCC3)c1. The highest BCUT2D eigenvalue weighted by Gasteiger charge is 2.38. The Balaban J connectivity index is 0.000000423. The van der Waals surface area contributed by atoms with Crippen LogP contribution in [0.25, 0.3) is 0 Å². The van der Waals surface area contributed by atoms with E-state index >= 15 is 0 Å². The highest BCUT2D eigenvalue weighted by atomic mass is 19.4. The number of aliphatic carboxylic acids is 2. The first-order valence-corrected chi connectivity index (χ1v) is 9.21. The van der Waals surface area contributed by atoms with E-state index < -0.39 is 18.1 Å². The highest BCUT2D eigenvalue weighted by Crippen LogP contribution is 2.22. The van der Waals surface area contributed by atoms with E-state index in [4.69, 9.17) is 15.0 Å². The molecule has 0 saturated carbocycles. The van der Waals surface area contributed by atoms with Crippen molar-refractivity contribution in [3.8, 4) is 0 Å². The Morgan fingerprint density at radius 1 is 1.00 bits per heavy atom. The second kappa shape index (κ2) is 10.4. The molecule has 0 unspecified atom stereocenters. The Kier molecular flexibility index (Phi) is 7.94. The van der Waals surface area contributed by atoms with E-state index in [0.717, 1.165) is 25.0 Å². The van der Waals surface area contributed by atoms with Crippen LogP contribution in [0.15, 0.2) is 36.5 Å². The number of alkyl halides is 3. The van der Waals surface area contributed by atoms with Crippen molar-refractivity contribution in [1.29, 1.82) is 0 Å². The number of carboxylic acids is 2. The molecule has 11 heteroatoms. The van der Waals surface area contributed by atoms with Gasteiger partial charge in [-0.15, -0.1) is 0 Å². The number of hydrogen-bond donors (Lipinski definition) is 4. The number of halogens is 3. The molecular formula is C20H20F3N3O5. The third kappa shape index (κ3) is 7.96. The summed E-state index contributed by atoms with van der Waals surface area (Å²) < 4.78 is 31.7. The average molecular weight is 439 g/mol. The number of carbonyl (C=O) groups excluding carboxylic acids is 1. The van der Waals surface area contributed by atoms with Crippen LogP contribution in [0.5, 0.6) is 0 Å². The predicted molar refractivity (Wildman–Crippen MR) is 105 cm³/mol. The lowest BCUT2D eigenvalue weighted by molar-refractivity contribution is -0.192. The van der Waals surface area contributed by atoms with Crippen molar-refractivity contribution in [2.75, 3.05) is 10.6 Å². The summed E-state index contributed by atoms with van der Waals surface area (Å²) in [6, 6.07) is 8.40. The Morgan fingerprint density at radius 3 is 2.29 bits per heavy atom. The smallest absolute Gasteiger partial charge is 0.481 e. The van der Waals surface area contributed by atoms with Crippen molar-refractivity contribution < 1.29 is 37.8 Å². The van der Waals surface area contributed by atoms with Gasteiger partial charge >= 0.3 is 24.1 Å². The van der Waals surface area contributed by atoms with Crippen molar-refractivity contribution in [3.05, 3.63) is 53.3 Å². The molecule has 31 heavy (non-hydrogen) atoms. The molecule has 2 aromatic rings. The van der Waals surface area contributed by atoms with Crippen LogP contribution in [0.1, 0.15) is 29.7 Å². The number of amides is 2. The zero-order valence-electron chi connectivity index (χ0n) is 16.2. The van der Waals surface area contributed by atoms with Crippen LogP contribution in [0, 0.1) is 0 Å². The lowest BCUT2D eigenvalue weighted by atomic mass is 9.96. The molecule has 8 nitrogen and oxygen atoms in total. The number of rotatable bonds is 4. The van der Waals surface area contributed by atoms with Gasteiger partial charge in [-0.25, -0.2) is 9.59 Å². The fourth-order valence-electron chi connectivity index (χ4n) is 2.88. The van der Waals surface area contributed by atoms with Gasteiger partial charge in [-0.3, -0.25) is 9.78 Å². The minimum absolute atomic E-state index is 0.0775. The molecule has 0 atom stereocenters. The maximum absolute atomic E-state index is 12.1. The van der Waals surface area contributed by atoms with Gasteiger partial charge in [0.25, 0.3) is 0 Å². The fraction of sp³-hybridized carbons (Fsp3) is 0.300. The van der Waals surface area contributed by atoms with Crippen molar-refractivity contribution >= 4 is 29.3 Å². The van der Waals surface area contributed by atoms with Crippen LogP contribution in [-0.4, -0.2) is 39.3 Å². The number of benzene rings is 1. The number of hydrogen-bond acceptors (Lipinski definition) is 4. The Bertz CT molecular complexity index is 963. The number of urea groups is 1. The minimum Gasteiger partial charge on any atom is -0.481 e. The molecular weight excluding hydrogens is 419 g/mol. The van der Waals surface area contributed by atoms with E-state index in [-0.39, 0.29) is 12.5 Å². The van der Waals surface area contributed by atoms with Gasteiger partial charge in [0.2, 0.25) is 0 Å². The number of carbonyl (C=O) groups is 3. The molecule has 0 aliphatic heterocycles. The first-order valence-electron chi connectivity index (χ1n) is 9.21. The predicted octanol–water partition coefficient (Wildman–Crippen LogP) is 3.86. The molecule has 0 radical (unpaired) electrons. The molecule has 1 aromatic carbocycles. The van der Waals surface area contributed by atoms with Crippen LogP contribution in [0.2, 0.25) is 0 Å². The third-order valence-electron chi connectivity index (χ3n) is 4.21. The van der Waals surface area contributed by atoms with Crippen LogP contribution < -0.4 is 10.6 Å². The molecule has 0 fully saturated rings. The lowest BCUT2D eigenvalue weighted by Gasteiger charge is -2.16. The normalized spacial score (nSPS) is 12.6. The van der Waals surface area contributed by atoms with Crippen LogP contribution in [-0.2, 0) is 28.9 Å². The van der Waals surface area contributed by atoms with E-state index in [1.807, 2.05) is 6.07 Å². The summed E-state index contributed by atoms with van der Waals surface area (Å²) in [5, 5.41) is 21.4. The van der Waals surface area contributed by atoms with Crippen molar-refractivity contribution in [3.63, 3.8) is 0 Å². The van der Waals surface area contributed by atoms with Gasteiger partial charge in [0.05, 0.1) is 18.3 Å². The number of pyridine rings is 1. The Labute approximate surface area is 175 Å². The van der Waals surface area contributed by atoms with Crippen molar-refractivity contribution in [2.45, 2.75) is 38.3 Å². The fourth-order valence-corrected chi connectivity index (χ4v) is 2.88. The largest absolute Gasteiger partial charge is 0.490 e. The van der Waals surface area contributed by atoms with E-state index in [9.17, 15) is 22.8 Å². The van der Waals surface area contributed by atoms with Gasteiger partial charge in [0.1, 0.15) is 0 Å². The summed E-state index contributed by atoms with van der Waals surface area (Å²) in [4.78, 5) is 36.2. The Hall–Kier alpha value is -3.63. The number of fused-ring (bicyclic) bond motifs is 1. The quantitative estimate of drug-likeness (QED) is 0.573. The molecule has 0 spiro atoms. The van der Waals surface area contributed by atoms with Gasteiger partial charge in [-0.2, -0.15) is 13.2 Å². The van der Waals surface area contributed by atoms with Crippen LogP contribution in [0.4, 0.5) is 29.3 Å². The van der Waals surface area contributed by atoms with E-state index in [1.54, 1.807) is 30.5 Å². The number of nitrogens with zero attached hydrogens (tertiary/aromatic N) is 1. The molecule has 1 heterocycles. The molecule has 0 bridgehead atoms. The lowest BCUT2D eigenvalue weighted by Crippen LogP contribution is -2.21. The average Bonchev–Trinajstić information content (AvgIpc) is 2.67.